The molecule has 2 N–H and O–H groups in total. The smallest absolute Gasteiger partial charge is 0.119 e. The first-order valence-electron chi connectivity index (χ1n) is 9.31. The standard InChI is InChI=1S/C19H31N3O2/c1-2-21-8-10-22(11-9-21)14-18(23)15-24-19-5-3-4-16(12-19)13-20-17-6-7-17/h3-5,12,17-18,20,23H,2,6-11,13-15H2,1H3. The molecule has 1 atom stereocenters. The number of aliphatic hydroxyl groups is 1. The Hall–Kier alpha value is -1.14. The van der Waals surface area contributed by atoms with Crippen molar-refractivity contribution < 1.29 is 9.84 Å². The zero-order valence-corrected chi connectivity index (χ0v) is 14.8. The highest BCUT2D eigenvalue weighted by Crippen LogP contribution is 2.20. The number of nitrogens with one attached hydrogen (secondary N) is 1. The topological polar surface area (TPSA) is 48.0 Å². The van der Waals surface area contributed by atoms with Gasteiger partial charge in [-0.3, -0.25) is 4.90 Å². The van der Waals surface area contributed by atoms with Gasteiger partial charge in [-0.15, -0.1) is 0 Å². The Labute approximate surface area is 145 Å². The molecule has 24 heavy (non-hydrogen) atoms. The summed E-state index contributed by atoms with van der Waals surface area (Å²) in [5.74, 6) is 0.847. The minimum Gasteiger partial charge on any atom is -0.491 e. The molecule has 1 aliphatic carbocycles. The van der Waals surface area contributed by atoms with E-state index < -0.39 is 6.10 Å². The van der Waals surface area contributed by atoms with E-state index in [-0.39, 0.29) is 0 Å². The van der Waals surface area contributed by atoms with Crippen LogP contribution in [0.4, 0.5) is 0 Å². The first-order valence-corrected chi connectivity index (χ1v) is 9.31. The summed E-state index contributed by atoms with van der Waals surface area (Å²) >= 11 is 0. The number of ether oxygens (including phenoxy) is 1. The quantitative estimate of drug-likeness (QED) is 0.714. The number of nitrogens with zero attached hydrogens (tertiary/aromatic N) is 2. The lowest BCUT2D eigenvalue weighted by Gasteiger charge is -2.34. The fourth-order valence-corrected chi connectivity index (χ4v) is 3.13. The highest BCUT2D eigenvalue weighted by Gasteiger charge is 2.20. The minimum atomic E-state index is -0.438. The van der Waals surface area contributed by atoms with Crippen LogP contribution in [0.3, 0.4) is 0 Å². The summed E-state index contributed by atoms with van der Waals surface area (Å²) < 4.78 is 5.80. The molecule has 1 aliphatic heterocycles. The minimum absolute atomic E-state index is 0.355. The van der Waals surface area contributed by atoms with Gasteiger partial charge in [-0.25, -0.2) is 0 Å². The summed E-state index contributed by atoms with van der Waals surface area (Å²) in [4.78, 5) is 4.77. The molecular weight excluding hydrogens is 302 g/mol. The van der Waals surface area contributed by atoms with Gasteiger partial charge in [0.05, 0.1) is 0 Å². The molecule has 2 fully saturated rings. The van der Waals surface area contributed by atoms with E-state index >= 15 is 0 Å². The first kappa shape index (κ1) is 17.7. The van der Waals surface area contributed by atoms with E-state index in [0.29, 0.717) is 19.2 Å². The number of likely N-dealkylation sites (N-methyl/N-ethyl adjacent to an activating group) is 1. The second-order valence-corrected chi connectivity index (χ2v) is 7.00. The predicted octanol–water partition coefficient (Wildman–Crippen LogP) is 1.32. The van der Waals surface area contributed by atoms with Gasteiger partial charge in [-0.05, 0) is 37.1 Å². The number of hydrogen-bond donors (Lipinski definition) is 2. The van der Waals surface area contributed by atoms with Gasteiger partial charge in [0.25, 0.3) is 0 Å². The van der Waals surface area contributed by atoms with Gasteiger partial charge in [-0.1, -0.05) is 19.1 Å². The summed E-state index contributed by atoms with van der Waals surface area (Å²) in [6.45, 7) is 9.53. The van der Waals surface area contributed by atoms with Crippen molar-refractivity contribution in [1.29, 1.82) is 0 Å². The second kappa shape index (κ2) is 8.81. The van der Waals surface area contributed by atoms with Crippen LogP contribution in [0.5, 0.6) is 5.75 Å². The molecule has 2 aliphatic rings. The number of piperazine rings is 1. The molecule has 1 aromatic carbocycles. The summed E-state index contributed by atoms with van der Waals surface area (Å²) in [7, 11) is 0. The molecule has 134 valence electrons. The lowest BCUT2D eigenvalue weighted by Crippen LogP contribution is -2.49. The lowest BCUT2D eigenvalue weighted by atomic mass is 10.2. The average Bonchev–Trinajstić information content (AvgIpc) is 3.44. The van der Waals surface area contributed by atoms with Gasteiger partial charge in [0.15, 0.2) is 0 Å². The molecule has 1 unspecified atom stereocenters. The summed E-state index contributed by atoms with van der Waals surface area (Å²) in [5, 5.41) is 13.8. The maximum atomic E-state index is 10.2. The molecule has 5 nitrogen and oxygen atoms in total. The molecule has 1 heterocycles. The SMILES string of the molecule is CCN1CCN(CC(O)COc2cccc(CNC3CC3)c2)CC1. The van der Waals surface area contributed by atoms with Gasteiger partial charge in [-0.2, -0.15) is 0 Å². The van der Waals surface area contributed by atoms with Gasteiger partial charge in [0, 0.05) is 45.3 Å². The first-order chi connectivity index (χ1) is 11.7. The molecule has 3 rings (SSSR count). The fraction of sp³-hybridized carbons (Fsp3) is 0.684. The predicted molar refractivity (Wildman–Crippen MR) is 96.4 cm³/mol. The third-order valence-electron chi connectivity index (χ3n) is 4.89. The van der Waals surface area contributed by atoms with Crippen LogP contribution in [0.1, 0.15) is 25.3 Å². The Bertz CT molecular complexity index is 499. The van der Waals surface area contributed by atoms with Crippen LogP contribution in [0.25, 0.3) is 0 Å². The van der Waals surface area contributed by atoms with Crippen molar-refractivity contribution in [2.24, 2.45) is 0 Å². The normalized spacial score (nSPS) is 20.9. The number of hydrogen-bond acceptors (Lipinski definition) is 5. The van der Waals surface area contributed by atoms with Crippen molar-refractivity contribution >= 4 is 0 Å². The Kier molecular flexibility index (Phi) is 6.49. The third-order valence-corrected chi connectivity index (χ3v) is 4.89. The van der Waals surface area contributed by atoms with E-state index in [9.17, 15) is 5.11 Å². The van der Waals surface area contributed by atoms with Crippen LogP contribution in [-0.2, 0) is 6.54 Å². The van der Waals surface area contributed by atoms with Crippen LogP contribution in [0.15, 0.2) is 24.3 Å². The van der Waals surface area contributed by atoms with Gasteiger partial charge in [0.2, 0.25) is 0 Å². The van der Waals surface area contributed by atoms with Crippen LogP contribution >= 0.6 is 0 Å². The molecule has 5 heteroatoms. The van der Waals surface area contributed by atoms with Crippen molar-refractivity contribution in [2.45, 2.75) is 38.5 Å². The Balaban J connectivity index is 1.37. The van der Waals surface area contributed by atoms with Gasteiger partial charge in [0.1, 0.15) is 18.5 Å². The van der Waals surface area contributed by atoms with Crippen molar-refractivity contribution in [3.8, 4) is 5.75 Å². The van der Waals surface area contributed by atoms with Crippen LogP contribution in [0, 0.1) is 0 Å². The highest BCUT2D eigenvalue weighted by molar-refractivity contribution is 5.28. The van der Waals surface area contributed by atoms with Gasteiger partial charge < -0.3 is 20.1 Å². The number of benzene rings is 1. The van der Waals surface area contributed by atoms with Crippen molar-refractivity contribution in [3.05, 3.63) is 29.8 Å². The number of aliphatic hydroxyl groups excluding tert-OH is 1. The lowest BCUT2D eigenvalue weighted by molar-refractivity contribution is 0.0471. The monoisotopic (exact) mass is 333 g/mol. The summed E-state index contributed by atoms with van der Waals surface area (Å²) in [5.41, 5.74) is 1.24. The molecular formula is C19H31N3O2. The van der Waals surface area contributed by atoms with Crippen molar-refractivity contribution in [2.75, 3.05) is 45.9 Å². The third kappa shape index (κ3) is 5.74. The van der Waals surface area contributed by atoms with Crippen LogP contribution in [-0.4, -0.2) is 72.9 Å². The van der Waals surface area contributed by atoms with E-state index in [1.165, 1.54) is 18.4 Å². The average molecular weight is 333 g/mol. The van der Waals surface area contributed by atoms with E-state index in [0.717, 1.165) is 45.0 Å². The van der Waals surface area contributed by atoms with E-state index in [4.69, 9.17) is 4.74 Å². The van der Waals surface area contributed by atoms with Crippen LogP contribution in [0.2, 0.25) is 0 Å². The summed E-state index contributed by atoms with van der Waals surface area (Å²) in [6, 6.07) is 8.89. The Morgan fingerprint density at radius 1 is 1.21 bits per heavy atom. The second-order valence-electron chi connectivity index (χ2n) is 7.00. The zero-order valence-electron chi connectivity index (χ0n) is 14.8. The van der Waals surface area contributed by atoms with Crippen molar-refractivity contribution in [3.63, 3.8) is 0 Å². The fourth-order valence-electron chi connectivity index (χ4n) is 3.13. The maximum absolute atomic E-state index is 10.2. The molecule has 0 radical (unpaired) electrons. The molecule has 0 bridgehead atoms. The summed E-state index contributed by atoms with van der Waals surface area (Å²) in [6.07, 6.45) is 2.16. The van der Waals surface area contributed by atoms with Crippen LogP contribution < -0.4 is 10.1 Å². The molecule has 1 saturated carbocycles. The molecule has 0 aromatic heterocycles. The van der Waals surface area contributed by atoms with E-state index in [1.807, 2.05) is 12.1 Å². The van der Waals surface area contributed by atoms with E-state index in [2.05, 4.69) is 34.2 Å². The number of rotatable bonds is 9. The number of β-amino-alcohol motifs (C(OH)–C–C–N with tert-alkyl or cyclic N) is 1. The molecule has 0 spiro atoms. The molecule has 1 aromatic rings. The van der Waals surface area contributed by atoms with Crippen molar-refractivity contribution in [1.82, 2.24) is 15.1 Å². The highest BCUT2D eigenvalue weighted by atomic mass is 16.5. The largest absolute Gasteiger partial charge is 0.491 e. The molecule has 0 amide bonds. The van der Waals surface area contributed by atoms with E-state index in [1.54, 1.807) is 0 Å². The molecule has 1 saturated heterocycles. The van der Waals surface area contributed by atoms with Gasteiger partial charge >= 0.3 is 0 Å². The maximum Gasteiger partial charge on any atom is 0.119 e. The Morgan fingerprint density at radius 2 is 1.96 bits per heavy atom. The Morgan fingerprint density at radius 3 is 2.67 bits per heavy atom. The zero-order chi connectivity index (χ0) is 16.8.